The summed E-state index contributed by atoms with van der Waals surface area (Å²) in [6, 6.07) is 6.72. The zero-order chi connectivity index (χ0) is 13.7. The number of benzene rings is 1. The molecule has 1 aliphatic rings. The van der Waals surface area contributed by atoms with Crippen molar-refractivity contribution in [2.24, 2.45) is 0 Å². The van der Waals surface area contributed by atoms with E-state index in [9.17, 15) is 9.59 Å². The summed E-state index contributed by atoms with van der Waals surface area (Å²) in [5.41, 5.74) is 0.836. The predicted octanol–water partition coefficient (Wildman–Crippen LogP) is 0.906. The van der Waals surface area contributed by atoms with E-state index < -0.39 is 0 Å². The summed E-state index contributed by atoms with van der Waals surface area (Å²) in [5, 5.41) is 0. The van der Waals surface area contributed by atoms with Gasteiger partial charge in [0.25, 0.3) is 11.8 Å². The van der Waals surface area contributed by atoms with Crippen LogP contribution >= 0.6 is 0 Å². The number of imide groups is 1. The van der Waals surface area contributed by atoms with Crippen LogP contribution in [-0.2, 0) is 9.47 Å². The third kappa shape index (κ3) is 2.81. The van der Waals surface area contributed by atoms with Gasteiger partial charge in [-0.25, -0.2) is 4.90 Å². The van der Waals surface area contributed by atoms with Gasteiger partial charge in [-0.15, -0.1) is 0 Å². The maximum atomic E-state index is 11.9. The normalized spacial score (nSPS) is 13.2. The standard InChI is InChI=1S/C14H13NO4/c1-18-8-4-5-9-19-10-15-13(16)11-6-2-3-7-12(11)14(15)17/h2-3,6-7H,8-10H2,1H3. The maximum absolute atomic E-state index is 11.9. The van der Waals surface area contributed by atoms with E-state index in [-0.39, 0.29) is 25.2 Å². The van der Waals surface area contributed by atoms with Crippen LogP contribution in [0.2, 0.25) is 0 Å². The van der Waals surface area contributed by atoms with Gasteiger partial charge in [0.05, 0.1) is 11.1 Å². The number of hydrogen-bond donors (Lipinski definition) is 0. The number of nitrogens with zero attached hydrogens (tertiary/aromatic N) is 1. The minimum atomic E-state index is -0.328. The number of amides is 2. The fourth-order valence-electron chi connectivity index (χ4n) is 1.72. The Balaban J connectivity index is 1.92. The van der Waals surface area contributed by atoms with E-state index in [4.69, 9.17) is 9.47 Å². The molecule has 0 bridgehead atoms. The average molecular weight is 259 g/mol. The lowest BCUT2D eigenvalue weighted by Crippen LogP contribution is -2.32. The summed E-state index contributed by atoms with van der Waals surface area (Å²) >= 11 is 0. The Labute approximate surface area is 111 Å². The van der Waals surface area contributed by atoms with Crippen LogP contribution in [0.5, 0.6) is 0 Å². The van der Waals surface area contributed by atoms with Crippen LogP contribution in [0, 0.1) is 11.8 Å². The third-order valence-corrected chi connectivity index (χ3v) is 2.61. The molecular weight excluding hydrogens is 246 g/mol. The fourth-order valence-corrected chi connectivity index (χ4v) is 1.72. The number of methoxy groups -OCH3 is 1. The summed E-state index contributed by atoms with van der Waals surface area (Å²) in [4.78, 5) is 25.0. The SMILES string of the molecule is COCC#CCOCN1C(=O)c2ccccc2C1=O. The van der Waals surface area contributed by atoms with E-state index >= 15 is 0 Å². The Hall–Kier alpha value is -2.16. The van der Waals surface area contributed by atoms with Crippen LogP contribution in [0.15, 0.2) is 24.3 Å². The lowest BCUT2D eigenvalue weighted by Gasteiger charge is -2.12. The molecule has 1 aliphatic heterocycles. The molecule has 0 aromatic heterocycles. The Morgan fingerprint density at radius 2 is 1.63 bits per heavy atom. The van der Waals surface area contributed by atoms with Crippen molar-refractivity contribution < 1.29 is 19.1 Å². The van der Waals surface area contributed by atoms with Crippen LogP contribution in [0.3, 0.4) is 0 Å². The maximum Gasteiger partial charge on any atom is 0.263 e. The molecule has 5 nitrogen and oxygen atoms in total. The topological polar surface area (TPSA) is 55.8 Å². The summed E-state index contributed by atoms with van der Waals surface area (Å²) in [5.74, 6) is 4.77. The van der Waals surface area contributed by atoms with Crippen molar-refractivity contribution in [1.82, 2.24) is 4.90 Å². The van der Waals surface area contributed by atoms with Crippen LogP contribution < -0.4 is 0 Å². The molecule has 0 spiro atoms. The van der Waals surface area contributed by atoms with E-state index in [1.165, 1.54) is 0 Å². The highest BCUT2D eigenvalue weighted by molar-refractivity contribution is 6.21. The van der Waals surface area contributed by atoms with Gasteiger partial charge in [0.15, 0.2) is 0 Å². The van der Waals surface area contributed by atoms with Crippen molar-refractivity contribution >= 4 is 11.8 Å². The van der Waals surface area contributed by atoms with Gasteiger partial charge < -0.3 is 9.47 Å². The molecule has 98 valence electrons. The van der Waals surface area contributed by atoms with Crippen molar-refractivity contribution in [2.45, 2.75) is 0 Å². The first kappa shape index (κ1) is 13.3. The smallest absolute Gasteiger partial charge is 0.263 e. The molecule has 2 amide bonds. The molecule has 0 unspecified atom stereocenters. The monoisotopic (exact) mass is 259 g/mol. The molecule has 1 heterocycles. The second-order valence-corrected chi connectivity index (χ2v) is 3.85. The third-order valence-electron chi connectivity index (χ3n) is 2.61. The van der Waals surface area contributed by atoms with Gasteiger partial charge in [0, 0.05) is 7.11 Å². The first-order valence-electron chi connectivity index (χ1n) is 5.73. The zero-order valence-electron chi connectivity index (χ0n) is 10.5. The van der Waals surface area contributed by atoms with E-state index in [0.717, 1.165) is 4.90 Å². The number of rotatable bonds is 4. The summed E-state index contributed by atoms with van der Waals surface area (Å²) in [6.07, 6.45) is 0. The Kier molecular flexibility index (Phi) is 4.29. The number of hydrogen-bond acceptors (Lipinski definition) is 4. The number of carbonyl (C=O) groups is 2. The Morgan fingerprint density at radius 1 is 1.05 bits per heavy atom. The lowest BCUT2D eigenvalue weighted by molar-refractivity contribution is 0.0332. The molecule has 0 fully saturated rings. The molecule has 1 aromatic rings. The quantitative estimate of drug-likeness (QED) is 0.458. The fraction of sp³-hybridized carbons (Fsp3) is 0.286. The minimum Gasteiger partial charge on any atom is -0.372 e. The molecule has 0 atom stereocenters. The molecule has 0 aliphatic carbocycles. The number of ether oxygens (including phenoxy) is 2. The van der Waals surface area contributed by atoms with Gasteiger partial charge in [0.1, 0.15) is 19.9 Å². The molecule has 0 saturated heterocycles. The molecule has 0 N–H and O–H groups in total. The second kappa shape index (κ2) is 6.14. The van der Waals surface area contributed by atoms with Crippen LogP contribution in [0.1, 0.15) is 20.7 Å². The molecule has 1 aromatic carbocycles. The van der Waals surface area contributed by atoms with Gasteiger partial charge in [-0.05, 0) is 12.1 Å². The summed E-state index contributed by atoms with van der Waals surface area (Å²) < 4.78 is 9.94. The highest BCUT2D eigenvalue weighted by Crippen LogP contribution is 2.21. The van der Waals surface area contributed by atoms with Gasteiger partial charge in [0.2, 0.25) is 0 Å². The summed E-state index contributed by atoms with van der Waals surface area (Å²) in [7, 11) is 1.55. The zero-order valence-corrected chi connectivity index (χ0v) is 10.5. The average Bonchev–Trinajstić information content (AvgIpc) is 2.68. The molecule has 5 heteroatoms. The van der Waals surface area contributed by atoms with E-state index in [1.807, 2.05) is 0 Å². The number of fused-ring (bicyclic) bond motifs is 1. The molecular formula is C14H13NO4. The Morgan fingerprint density at radius 3 is 2.21 bits per heavy atom. The first-order valence-corrected chi connectivity index (χ1v) is 5.73. The summed E-state index contributed by atoms with van der Waals surface area (Å²) in [6.45, 7) is 0.390. The predicted molar refractivity (Wildman–Crippen MR) is 67.4 cm³/mol. The number of carbonyl (C=O) groups excluding carboxylic acids is 2. The largest absolute Gasteiger partial charge is 0.372 e. The van der Waals surface area contributed by atoms with Crippen molar-refractivity contribution in [3.63, 3.8) is 0 Å². The van der Waals surface area contributed by atoms with Crippen LogP contribution in [0.25, 0.3) is 0 Å². The highest BCUT2D eigenvalue weighted by Gasteiger charge is 2.34. The lowest BCUT2D eigenvalue weighted by atomic mass is 10.1. The van der Waals surface area contributed by atoms with Gasteiger partial charge in [-0.2, -0.15) is 0 Å². The molecule has 19 heavy (non-hydrogen) atoms. The van der Waals surface area contributed by atoms with Gasteiger partial charge in [-0.1, -0.05) is 24.0 Å². The van der Waals surface area contributed by atoms with Crippen LogP contribution in [0.4, 0.5) is 0 Å². The van der Waals surface area contributed by atoms with E-state index in [2.05, 4.69) is 11.8 Å². The molecule has 0 saturated carbocycles. The highest BCUT2D eigenvalue weighted by atomic mass is 16.5. The van der Waals surface area contributed by atoms with Crippen molar-refractivity contribution in [3.05, 3.63) is 35.4 Å². The Bertz CT molecular complexity index is 521. The van der Waals surface area contributed by atoms with E-state index in [0.29, 0.717) is 17.7 Å². The van der Waals surface area contributed by atoms with Crippen molar-refractivity contribution in [3.8, 4) is 11.8 Å². The van der Waals surface area contributed by atoms with Gasteiger partial charge in [-0.3, -0.25) is 9.59 Å². The molecule has 0 radical (unpaired) electrons. The van der Waals surface area contributed by atoms with Gasteiger partial charge >= 0.3 is 0 Å². The first-order chi connectivity index (χ1) is 9.25. The van der Waals surface area contributed by atoms with E-state index in [1.54, 1.807) is 31.4 Å². The van der Waals surface area contributed by atoms with Crippen molar-refractivity contribution in [2.75, 3.05) is 27.1 Å². The van der Waals surface area contributed by atoms with Crippen molar-refractivity contribution in [1.29, 1.82) is 0 Å². The minimum absolute atomic E-state index is 0.0893. The van der Waals surface area contributed by atoms with Crippen LogP contribution in [-0.4, -0.2) is 43.8 Å². The molecule has 2 rings (SSSR count). The second-order valence-electron chi connectivity index (χ2n) is 3.85.